The van der Waals surface area contributed by atoms with Gasteiger partial charge in [0.25, 0.3) is 0 Å². The van der Waals surface area contributed by atoms with Gasteiger partial charge in [-0.1, -0.05) is 27.7 Å². The van der Waals surface area contributed by atoms with Crippen LogP contribution in [0.2, 0.25) is 0 Å². The Hall–Kier alpha value is -1.79. The van der Waals surface area contributed by atoms with E-state index < -0.39 is 12.1 Å². The van der Waals surface area contributed by atoms with E-state index in [1.807, 2.05) is 27.7 Å². The van der Waals surface area contributed by atoms with Gasteiger partial charge in [0.05, 0.1) is 13.2 Å². The number of hydrogen-bond acceptors (Lipinski definition) is 4. The SMILES string of the molecule is COC(=O)N[C@H](C(=O)N1CC[C@H]1CNC(=O)C(C)C)C(C)C. The number of amides is 3. The summed E-state index contributed by atoms with van der Waals surface area (Å²) in [4.78, 5) is 37.2. The number of nitrogens with one attached hydrogen (secondary N) is 2. The molecule has 1 aliphatic rings. The molecule has 0 aromatic rings. The van der Waals surface area contributed by atoms with E-state index in [4.69, 9.17) is 0 Å². The fraction of sp³-hybridized carbons (Fsp3) is 0.800. The Labute approximate surface area is 131 Å². The van der Waals surface area contributed by atoms with E-state index in [1.165, 1.54) is 7.11 Å². The summed E-state index contributed by atoms with van der Waals surface area (Å²) in [6.45, 7) is 8.49. The molecular formula is C15H27N3O4. The van der Waals surface area contributed by atoms with Crippen LogP contribution < -0.4 is 10.6 Å². The average molecular weight is 313 g/mol. The molecule has 1 aliphatic heterocycles. The fourth-order valence-corrected chi connectivity index (χ4v) is 2.24. The lowest BCUT2D eigenvalue weighted by Crippen LogP contribution is -2.62. The summed E-state index contributed by atoms with van der Waals surface area (Å²) >= 11 is 0. The summed E-state index contributed by atoms with van der Waals surface area (Å²) in [6.07, 6.45) is 0.241. The average Bonchev–Trinajstić information content (AvgIpc) is 2.42. The number of methoxy groups -OCH3 is 1. The zero-order valence-electron chi connectivity index (χ0n) is 14.0. The molecule has 1 heterocycles. The van der Waals surface area contributed by atoms with Crippen molar-refractivity contribution in [2.45, 2.75) is 46.2 Å². The third-order valence-corrected chi connectivity index (χ3v) is 3.85. The highest BCUT2D eigenvalue weighted by Crippen LogP contribution is 2.20. The normalized spacial score (nSPS) is 18.7. The Morgan fingerprint density at radius 1 is 1.23 bits per heavy atom. The molecule has 0 aliphatic carbocycles. The topological polar surface area (TPSA) is 87.7 Å². The second-order valence-electron chi connectivity index (χ2n) is 6.23. The maximum Gasteiger partial charge on any atom is 0.407 e. The molecule has 22 heavy (non-hydrogen) atoms. The number of rotatable bonds is 6. The summed E-state index contributed by atoms with van der Waals surface area (Å²) in [5.41, 5.74) is 0. The summed E-state index contributed by atoms with van der Waals surface area (Å²) in [5, 5.41) is 5.42. The molecular weight excluding hydrogens is 286 g/mol. The second-order valence-corrected chi connectivity index (χ2v) is 6.23. The van der Waals surface area contributed by atoms with Crippen molar-refractivity contribution in [3.05, 3.63) is 0 Å². The fourth-order valence-electron chi connectivity index (χ4n) is 2.24. The summed E-state index contributed by atoms with van der Waals surface area (Å²) in [5.74, 6) is -0.269. The van der Waals surface area contributed by atoms with Crippen LogP contribution in [0.15, 0.2) is 0 Å². The molecule has 0 unspecified atom stereocenters. The smallest absolute Gasteiger partial charge is 0.407 e. The van der Waals surface area contributed by atoms with Crippen molar-refractivity contribution < 1.29 is 19.1 Å². The Morgan fingerprint density at radius 3 is 2.27 bits per heavy atom. The molecule has 7 heteroatoms. The highest BCUT2D eigenvalue weighted by molar-refractivity contribution is 5.87. The third-order valence-electron chi connectivity index (χ3n) is 3.85. The predicted octanol–water partition coefficient (Wildman–Crippen LogP) is 0.740. The molecule has 0 radical (unpaired) electrons. The lowest BCUT2D eigenvalue weighted by molar-refractivity contribution is -0.142. The van der Waals surface area contributed by atoms with Gasteiger partial charge in [-0.05, 0) is 12.3 Å². The van der Waals surface area contributed by atoms with Crippen molar-refractivity contribution >= 4 is 17.9 Å². The Balaban J connectivity index is 2.59. The lowest BCUT2D eigenvalue weighted by Gasteiger charge is -2.43. The van der Waals surface area contributed by atoms with Crippen LogP contribution in [0.1, 0.15) is 34.1 Å². The van der Waals surface area contributed by atoms with Crippen molar-refractivity contribution in [3.63, 3.8) is 0 Å². The van der Waals surface area contributed by atoms with Gasteiger partial charge in [0, 0.05) is 19.0 Å². The molecule has 2 N–H and O–H groups in total. The first-order valence-electron chi connectivity index (χ1n) is 7.70. The van der Waals surface area contributed by atoms with Crippen molar-refractivity contribution in [1.82, 2.24) is 15.5 Å². The minimum Gasteiger partial charge on any atom is -0.453 e. The van der Waals surface area contributed by atoms with Gasteiger partial charge in [-0.2, -0.15) is 0 Å². The molecule has 3 amide bonds. The number of carbonyl (C=O) groups is 3. The summed E-state index contributed by atoms with van der Waals surface area (Å²) in [6, 6.07) is -0.619. The van der Waals surface area contributed by atoms with Crippen LogP contribution in [0.3, 0.4) is 0 Å². The standard InChI is InChI=1S/C15H27N3O4/c1-9(2)12(17-15(21)22-5)14(20)18-7-6-11(18)8-16-13(19)10(3)4/h9-12H,6-8H2,1-5H3,(H,16,19)(H,17,21)/t11-,12-/m0/s1. The molecule has 0 aromatic heterocycles. The first kappa shape index (κ1) is 18.3. The first-order chi connectivity index (χ1) is 10.3. The zero-order valence-corrected chi connectivity index (χ0v) is 14.0. The number of carbonyl (C=O) groups excluding carboxylic acids is 3. The maximum absolute atomic E-state index is 12.6. The highest BCUT2D eigenvalue weighted by atomic mass is 16.5. The number of ether oxygens (including phenoxy) is 1. The Morgan fingerprint density at radius 2 is 1.86 bits per heavy atom. The summed E-state index contributed by atoms with van der Waals surface area (Å²) in [7, 11) is 1.27. The molecule has 2 atom stereocenters. The molecule has 7 nitrogen and oxygen atoms in total. The Bertz CT molecular complexity index is 423. The largest absolute Gasteiger partial charge is 0.453 e. The van der Waals surface area contributed by atoms with Gasteiger partial charge in [-0.3, -0.25) is 9.59 Å². The van der Waals surface area contributed by atoms with Crippen LogP contribution in [0.5, 0.6) is 0 Å². The van der Waals surface area contributed by atoms with Crippen LogP contribution in [0, 0.1) is 11.8 Å². The second kappa shape index (κ2) is 8.00. The molecule has 126 valence electrons. The third kappa shape index (κ3) is 4.61. The molecule has 1 rings (SSSR count). The molecule has 0 saturated carbocycles. The van der Waals surface area contributed by atoms with Crippen LogP contribution in [-0.4, -0.2) is 55.1 Å². The van der Waals surface area contributed by atoms with E-state index in [-0.39, 0.29) is 29.7 Å². The van der Waals surface area contributed by atoms with Crippen LogP contribution >= 0.6 is 0 Å². The number of likely N-dealkylation sites (tertiary alicyclic amines) is 1. The highest BCUT2D eigenvalue weighted by Gasteiger charge is 2.37. The van der Waals surface area contributed by atoms with Crippen molar-refractivity contribution in [2.75, 3.05) is 20.2 Å². The summed E-state index contributed by atoms with van der Waals surface area (Å²) < 4.78 is 4.57. The molecule has 0 aromatic carbocycles. The van der Waals surface area contributed by atoms with Gasteiger partial charge < -0.3 is 20.3 Å². The van der Waals surface area contributed by atoms with Crippen molar-refractivity contribution in [2.24, 2.45) is 11.8 Å². The lowest BCUT2D eigenvalue weighted by atomic mass is 9.96. The monoisotopic (exact) mass is 313 g/mol. The first-order valence-corrected chi connectivity index (χ1v) is 7.70. The molecule has 0 spiro atoms. The van der Waals surface area contributed by atoms with E-state index >= 15 is 0 Å². The quantitative estimate of drug-likeness (QED) is 0.757. The number of alkyl carbamates (subject to hydrolysis) is 1. The van der Waals surface area contributed by atoms with Gasteiger partial charge in [0.15, 0.2) is 0 Å². The van der Waals surface area contributed by atoms with Gasteiger partial charge in [0.1, 0.15) is 6.04 Å². The van der Waals surface area contributed by atoms with Crippen LogP contribution in [-0.2, 0) is 14.3 Å². The van der Waals surface area contributed by atoms with Gasteiger partial charge in [-0.25, -0.2) is 4.79 Å². The number of hydrogen-bond donors (Lipinski definition) is 2. The van der Waals surface area contributed by atoms with Crippen molar-refractivity contribution in [1.29, 1.82) is 0 Å². The van der Waals surface area contributed by atoms with Crippen molar-refractivity contribution in [3.8, 4) is 0 Å². The van der Waals surface area contributed by atoms with E-state index in [0.29, 0.717) is 13.1 Å². The van der Waals surface area contributed by atoms with E-state index in [0.717, 1.165) is 6.42 Å². The van der Waals surface area contributed by atoms with Gasteiger partial charge in [0.2, 0.25) is 11.8 Å². The predicted molar refractivity (Wildman–Crippen MR) is 82.1 cm³/mol. The molecule has 1 fully saturated rings. The van der Waals surface area contributed by atoms with Crippen LogP contribution in [0.25, 0.3) is 0 Å². The Kier molecular flexibility index (Phi) is 6.64. The molecule has 1 saturated heterocycles. The van der Waals surface area contributed by atoms with E-state index in [2.05, 4.69) is 15.4 Å². The maximum atomic E-state index is 12.6. The van der Waals surface area contributed by atoms with Gasteiger partial charge in [-0.15, -0.1) is 0 Å². The van der Waals surface area contributed by atoms with Crippen LogP contribution in [0.4, 0.5) is 4.79 Å². The van der Waals surface area contributed by atoms with E-state index in [9.17, 15) is 14.4 Å². The zero-order chi connectivity index (χ0) is 16.9. The molecule has 0 bridgehead atoms. The van der Waals surface area contributed by atoms with Gasteiger partial charge >= 0.3 is 6.09 Å². The minimum atomic E-state index is -0.615. The number of nitrogens with zero attached hydrogens (tertiary/aromatic N) is 1. The minimum absolute atomic E-state index is 0.00380. The van der Waals surface area contributed by atoms with E-state index in [1.54, 1.807) is 4.90 Å².